The Morgan fingerprint density at radius 3 is 2.61 bits per heavy atom. The fraction of sp³-hybridized carbons (Fsp3) is 0.192. The van der Waals surface area contributed by atoms with Gasteiger partial charge >= 0.3 is 0 Å². The first-order valence-corrected chi connectivity index (χ1v) is 11.8. The second-order valence-corrected chi connectivity index (χ2v) is 8.88. The van der Waals surface area contributed by atoms with Crippen LogP contribution in [0.15, 0.2) is 76.5 Å². The Labute approximate surface area is 195 Å². The van der Waals surface area contributed by atoms with E-state index >= 15 is 0 Å². The number of nitrogens with one attached hydrogen (secondary N) is 1. The van der Waals surface area contributed by atoms with Gasteiger partial charge in [0.05, 0.1) is 0 Å². The van der Waals surface area contributed by atoms with Gasteiger partial charge in [0.25, 0.3) is 0 Å². The summed E-state index contributed by atoms with van der Waals surface area (Å²) in [5.74, 6) is 0.481. The van der Waals surface area contributed by atoms with Crippen LogP contribution in [-0.2, 0) is 9.59 Å². The molecule has 3 heterocycles. The molecule has 0 bridgehead atoms. The van der Waals surface area contributed by atoms with E-state index in [4.69, 9.17) is 4.42 Å². The molecule has 0 unspecified atom stereocenters. The molecule has 1 saturated heterocycles. The maximum atomic E-state index is 12.8. The van der Waals surface area contributed by atoms with Crippen LogP contribution < -0.4 is 5.32 Å². The maximum absolute atomic E-state index is 12.8. The molecule has 1 aliphatic heterocycles. The third kappa shape index (κ3) is 4.88. The maximum Gasteiger partial charge on any atom is 0.246 e. The molecule has 0 saturated carbocycles. The van der Waals surface area contributed by atoms with Gasteiger partial charge in [-0.25, -0.2) is 4.98 Å². The van der Waals surface area contributed by atoms with E-state index in [1.807, 2.05) is 72.1 Å². The van der Waals surface area contributed by atoms with Crippen molar-refractivity contribution in [1.82, 2.24) is 9.88 Å². The number of benzene rings is 2. The number of thiazole rings is 1. The molecule has 7 heteroatoms. The molecule has 2 aromatic heterocycles. The average Bonchev–Trinajstić information content (AvgIpc) is 3.50. The van der Waals surface area contributed by atoms with Gasteiger partial charge in [0.15, 0.2) is 10.9 Å². The quantitative estimate of drug-likeness (QED) is 0.405. The largest absolute Gasteiger partial charge is 0.454 e. The van der Waals surface area contributed by atoms with Crippen molar-refractivity contribution < 1.29 is 14.0 Å². The lowest BCUT2D eigenvalue weighted by Gasteiger charge is -2.30. The van der Waals surface area contributed by atoms with E-state index in [9.17, 15) is 9.59 Å². The summed E-state index contributed by atoms with van der Waals surface area (Å²) in [6.07, 6.45) is 4.70. The molecular formula is C26H23N3O3S. The summed E-state index contributed by atoms with van der Waals surface area (Å²) >= 11 is 1.38. The van der Waals surface area contributed by atoms with Gasteiger partial charge in [0.1, 0.15) is 11.3 Å². The Morgan fingerprint density at radius 1 is 1.06 bits per heavy atom. The fourth-order valence-electron chi connectivity index (χ4n) is 3.96. The highest BCUT2D eigenvalue weighted by atomic mass is 32.1. The van der Waals surface area contributed by atoms with E-state index in [2.05, 4.69) is 10.3 Å². The van der Waals surface area contributed by atoms with Crippen molar-refractivity contribution in [2.75, 3.05) is 18.4 Å². The number of carbonyl (C=O) groups excluding carboxylic acids is 2. The molecule has 4 aromatic rings. The van der Waals surface area contributed by atoms with Gasteiger partial charge in [-0.05, 0) is 36.6 Å². The SMILES string of the molecule is O=C(Nc1nc(-c2cc3ccccc3o2)cs1)C1CCN(C(=O)/C=C/c2ccccc2)CC1. The minimum Gasteiger partial charge on any atom is -0.454 e. The van der Waals surface area contributed by atoms with Crippen LogP contribution in [0.2, 0.25) is 0 Å². The van der Waals surface area contributed by atoms with Gasteiger partial charge in [-0.15, -0.1) is 11.3 Å². The summed E-state index contributed by atoms with van der Waals surface area (Å²) in [5, 5.41) is 6.39. The van der Waals surface area contributed by atoms with E-state index in [-0.39, 0.29) is 17.7 Å². The smallest absolute Gasteiger partial charge is 0.246 e. The average molecular weight is 458 g/mol. The summed E-state index contributed by atoms with van der Waals surface area (Å²) in [5.41, 5.74) is 2.51. The van der Waals surface area contributed by atoms with Crippen molar-refractivity contribution in [3.8, 4) is 11.5 Å². The van der Waals surface area contributed by atoms with Crippen molar-refractivity contribution in [2.24, 2.45) is 5.92 Å². The molecule has 33 heavy (non-hydrogen) atoms. The Morgan fingerprint density at radius 2 is 1.82 bits per heavy atom. The van der Waals surface area contributed by atoms with Gasteiger partial charge < -0.3 is 14.6 Å². The molecule has 1 fully saturated rings. The molecule has 6 nitrogen and oxygen atoms in total. The minimum atomic E-state index is -0.134. The van der Waals surface area contributed by atoms with Gasteiger partial charge in [-0.1, -0.05) is 48.5 Å². The fourth-order valence-corrected chi connectivity index (χ4v) is 4.66. The van der Waals surface area contributed by atoms with Crippen LogP contribution in [-0.4, -0.2) is 34.8 Å². The number of fused-ring (bicyclic) bond motifs is 1. The van der Waals surface area contributed by atoms with Crippen LogP contribution in [0.25, 0.3) is 28.5 Å². The Kier molecular flexibility index (Phi) is 6.04. The monoisotopic (exact) mass is 457 g/mol. The second kappa shape index (κ2) is 9.42. The van der Waals surface area contributed by atoms with Gasteiger partial charge in [-0.2, -0.15) is 0 Å². The second-order valence-electron chi connectivity index (χ2n) is 8.02. The van der Waals surface area contributed by atoms with E-state index in [0.717, 1.165) is 16.5 Å². The topological polar surface area (TPSA) is 75.4 Å². The number of aromatic nitrogens is 1. The summed E-state index contributed by atoms with van der Waals surface area (Å²) in [7, 11) is 0. The molecule has 0 radical (unpaired) electrons. The predicted octanol–water partition coefficient (Wildman–Crippen LogP) is 5.45. The first-order valence-electron chi connectivity index (χ1n) is 10.9. The lowest BCUT2D eigenvalue weighted by atomic mass is 9.96. The molecule has 2 amide bonds. The minimum absolute atomic E-state index is 0.0203. The lowest BCUT2D eigenvalue weighted by molar-refractivity contribution is -0.130. The van der Waals surface area contributed by atoms with Crippen molar-refractivity contribution in [3.63, 3.8) is 0 Å². The van der Waals surface area contributed by atoms with Gasteiger partial charge in [0, 0.05) is 35.8 Å². The molecule has 1 aliphatic rings. The number of anilines is 1. The van der Waals surface area contributed by atoms with E-state index in [1.165, 1.54) is 11.3 Å². The highest BCUT2D eigenvalue weighted by Gasteiger charge is 2.27. The van der Waals surface area contributed by atoms with Crippen LogP contribution in [0, 0.1) is 5.92 Å². The zero-order chi connectivity index (χ0) is 22.6. The third-order valence-electron chi connectivity index (χ3n) is 5.81. The number of nitrogens with zero attached hydrogens (tertiary/aromatic N) is 2. The van der Waals surface area contributed by atoms with E-state index in [1.54, 1.807) is 11.0 Å². The molecule has 0 spiro atoms. The molecular weight excluding hydrogens is 434 g/mol. The van der Waals surface area contributed by atoms with Crippen molar-refractivity contribution >= 4 is 45.3 Å². The number of hydrogen-bond donors (Lipinski definition) is 1. The Bertz CT molecular complexity index is 1270. The predicted molar refractivity (Wildman–Crippen MR) is 131 cm³/mol. The molecule has 0 atom stereocenters. The van der Waals surface area contributed by atoms with Crippen LogP contribution >= 0.6 is 11.3 Å². The van der Waals surface area contributed by atoms with Crippen molar-refractivity contribution in [3.05, 3.63) is 77.7 Å². The van der Waals surface area contributed by atoms with Gasteiger partial charge in [-0.3, -0.25) is 9.59 Å². The standard InChI is InChI=1S/C26H23N3O3S/c30-24(11-10-18-6-2-1-3-7-18)29-14-12-19(13-15-29)25(31)28-26-27-21(17-33-26)23-16-20-8-4-5-9-22(20)32-23/h1-11,16-17,19H,12-15H2,(H,27,28,31)/b11-10+. The molecule has 166 valence electrons. The normalized spacial score (nSPS) is 14.7. The number of piperidine rings is 1. The van der Waals surface area contributed by atoms with Crippen LogP contribution in [0.3, 0.4) is 0 Å². The number of carbonyl (C=O) groups is 2. The number of likely N-dealkylation sites (tertiary alicyclic amines) is 1. The van der Waals surface area contributed by atoms with E-state index in [0.29, 0.717) is 42.5 Å². The highest BCUT2D eigenvalue weighted by molar-refractivity contribution is 7.14. The highest BCUT2D eigenvalue weighted by Crippen LogP contribution is 2.30. The van der Waals surface area contributed by atoms with E-state index < -0.39 is 0 Å². The zero-order valence-corrected chi connectivity index (χ0v) is 18.8. The van der Waals surface area contributed by atoms with Crippen molar-refractivity contribution in [2.45, 2.75) is 12.8 Å². The number of rotatable bonds is 5. The summed E-state index contributed by atoms with van der Waals surface area (Å²) in [4.78, 5) is 31.5. The molecule has 2 aromatic carbocycles. The number of para-hydroxylation sites is 1. The summed E-state index contributed by atoms with van der Waals surface area (Å²) < 4.78 is 5.86. The summed E-state index contributed by atoms with van der Waals surface area (Å²) in [6, 6.07) is 19.5. The first-order chi connectivity index (χ1) is 16.2. The van der Waals surface area contributed by atoms with Gasteiger partial charge in [0.2, 0.25) is 11.8 Å². The Balaban J connectivity index is 1.15. The number of furan rings is 1. The third-order valence-corrected chi connectivity index (χ3v) is 6.57. The number of hydrogen-bond acceptors (Lipinski definition) is 5. The Hall–Kier alpha value is -3.71. The lowest BCUT2D eigenvalue weighted by Crippen LogP contribution is -2.40. The molecule has 1 N–H and O–H groups in total. The molecule has 0 aliphatic carbocycles. The number of amides is 2. The molecule has 5 rings (SSSR count). The first kappa shape index (κ1) is 21.2. The summed E-state index contributed by atoms with van der Waals surface area (Å²) in [6.45, 7) is 1.14. The van der Waals surface area contributed by atoms with Crippen LogP contribution in [0.1, 0.15) is 18.4 Å². The van der Waals surface area contributed by atoms with Crippen LogP contribution in [0.5, 0.6) is 0 Å². The van der Waals surface area contributed by atoms with Crippen molar-refractivity contribution in [1.29, 1.82) is 0 Å². The zero-order valence-electron chi connectivity index (χ0n) is 17.9. The van der Waals surface area contributed by atoms with Crippen LogP contribution in [0.4, 0.5) is 5.13 Å².